The average molecular weight is 505 g/mol. The van der Waals surface area contributed by atoms with E-state index >= 15 is 0 Å². The van der Waals surface area contributed by atoms with Gasteiger partial charge >= 0.3 is 213 Å². The second-order valence-electron chi connectivity index (χ2n) is 8.54. The number of carbonyl (C=O) groups is 1. The molecule has 0 atom stereocenters. The van der Waals surface area contributed by atoms with Gasteiger partial charge in [-0.1, -0.05) is 0 Å². The zero-order valence-electron chi connectivity index (χ0n) is 20.1. The van der Waals surface area contributed by atoms with Crippen LogP contribution in [0.25, 0.3) is 0 Å². The minimum absolute atomic E-state index is 0.110. The summed E-state index contributed by atoms with van der Waals surface area (Å²) in [4.78, 5) is 11.7. The molecule has 4 rings (SSSR count). The van der Waals surface area contributed by atoms with E-state index in [-0.39, 0.29) is 12.6 Å². The molecule has 35 heavy (non-hydrogen) atoms. The summed E-state index contributed by atoms with van der Waals surface area (Å²) in [5.74, 6) is -3.13. The molecule has 0 aliphatic carbocycles. The van der Waals surface area contributed by atoms with Gasteiger partial charge in [0, 0.05) is 0 Å². The van der Waals surface area contributed by atoms with E-state index in [9.17, 15) is 4.79 Å². The van der Waals surface area contributed by atoms with Crippen molar-refractivity contribution >= 4 is 39.1 Å². The van der Waals surface area contributed by atoms with Gasteiger partial charge in [-0.2, -0.15) is 0 Å². The number of ether oxygens (including phenoxy) is 2. The Hall–Kier alpha value is -3.13. The summed E-state index contributed by atoms with van der Waals surface area (Å²) in [7, 11) is 0. The molecule has 0 bridgehead atoms. The second-order valence-corrected chi connectivity index (χ2v) is 15.0. The van der Waals surface area contributed by atoms with Crippen molar-refractivity contribution < 1.29 is 14.3 Å². The quantitative estimate of drug-likeness (QED) is 0.203. The molecule has 4 aromatic carbocycles. The number of benzene rings is 4. The Balaban J connectivity index is 1.83. The summed E-state index contributed by atoms with van der Waals surface area (Å²) in [6, 6.07) is 37.4. The number of hydrogen-bond acceptors (Lipinski definition) is 3. The van der Waals surface area contributed by atoms with Gasteiger partial charge in [0.15, 0.2) is 0 Å². The van der Waals surface area contributed by atoms with Crippen LogP contribution in [0.1, 0.15) is 18.1 Å². The average Bonchev–Trinajstić information content (AvgIpc) is 2.90. The van der Waals surface area contributed by atoms with Gasteiger partial charge in [0.05, 0.1) is 0 Å². The summed E-state index contributed by atoms with van der Waals surface area (Å²) < 4.78 is 10.7. The van der Waals surface area contributed by atoms with Gasteiger partial charge in [-0.3, -0.25) is 0 Å². The van der Waals surface area contributed by atoms with Crippen LogP contribution in [0.5, 0.6) is 5.75 Å². The first kappa shape index (κ1) is 25.0. The topological polar surface area (TPSA) is 35.5 Å². The SMILES string of the molecule is CCOC(=O)COc1ccc(CP(Cl)(c2ccccc2)(c2ccccc2)c2ccccc2)cc1C. The molecule has 0 aliphatic rings. The van der Waals surface area contributed by atoms with Crippen molar-refractivity contribution in [3.63, 3.8) is 0 Å². The number of halogens is 1. The van der Waals surface area contributed by atoms with E-state index in [1.165, 1.54) is 0 Å². The number of rotatable bonds is 9. The molecular weight excluding hydrogens is 475 g/mol. The molecule has 0 radical (unpaired) electrons. The summed E-state index contributed by atoms with van der Waals surface area (Å²) in [6.07, 6.45) is 0.643. The first-order valence-corrected chi connectivity index (χ1v) is 15.1. The molecule has 0 heterocycles. The fourth-order valence-corrected chi connectivity index (χ4v) is 10.7. The Bertz CT molecular complexity index is 1180. The van der Waals surface area contributed by atoms with E-state index in [0.29, 0.717) is 18.5 Å². The van der Waals surface area contributed by atoms with Crippen molar-refractivity contribution in [2.45, 2.75) is 20.0 Å². The molecule has 0 N–H and O–H groups in total. The predicted molar refractivity (Wildman–Crippen MR) is 148 cm³/mol. The van der Waals surface area contributed by atoms with Crippen molar-refractivity contribution in [1.29, 1.82) is 0 Å². The first-order valence-electron chi connectivity index (χ1n) is 11.7. The van der Waals surface area contributed by atoms with Gasteiger partial charge in [0.1, 0.15) is 0 Å². The summed E-state index contributed by atoms with van der Waals surface area (Å²) in [6.45, 7) is 3.99. The van der Waals surface area contributed by atoms with Crippen LogP contribution in [0.3, 0.4) is 0 Å². The third-order valence-electron chi connectivity index (χ3n) is 6.25. The van der Waals surface area contributed by atoms with Crippen LogP contribution in [-0.2, 0) is 15.7 Å². The second kappa shape index (κ2) is 10.6. The van der Waals surface area contributed by atoms with E-state index < -0.39 is 5.96 Å². The predicted octanol–water partition coefficient (Wildman–Crippen LogP) is 6.12. The number of carbonyl (C=O) groups excluding carboxylic acids is 1. The molecule has 0 aliphatic heterocycles. The first-order chi connectivity index (χ1) is 16.9. The molecule has 0 saturated carbocycles. The van der Waals surface area contributed by atoms with Crippen LogP contribution in [0, 0.1) is 6.92 Å². The van der Waals surface area contributed by atoms with Gasteiger partial charge in [-0.15, -0.1) is 0 Å². The fourth-order valence-electron chi connectivity index (χ4n) is 4.59. The summed E-state index contributed by atoms with van der Waals surface area (Å²) >= 11 is 8.18. The third kappa shape index (κ3) is 4.98. The van der Waals surface area contributed by atoms with Gasteiger partial charge in [0.2, 0.25) is 0 Å². The van der Waals surface area contributed by atoms with Crippen LogP contribution in [0.15, 0.2) is 109 Å². The van der Waals surface area contributed by atoms with Crippen LogP contribution in [-0.4, -0.2) is 19.2 Å². The molecule has 0 aromatic heterocycles. The van der Waals surface area contributed by atoms with Crippen molar-refractivity contribution in [2.75, 3.05) is 13.2 Å². The Morgan fingerprint density at radius 2 is 1.26 bits per heavy atom. The van der Waals surface area contributed by atoms with Crippen molar-refractivity contribution in [3.8, 4) is 5.75 Å². The normalized spacial score (nSPS) is 12.4. The molecule has 3 nitrogen and oxygen atoms in total. The number of esters is 1. The minimum atomic E-state index is -3.41. The molecule has 5 heteroatoms. The maximum atomic E-state index is 11.7. The van der Waals surface area contributed by atoms with Crippen LogP contribution >= 0.6 is 17.2 Å². The third-order valence-corrected chi connectivity index (χ3v) is 13.5. The standard InChI is InChI=1S/C30H30ClO3P/c1-3-33-30(32)22-34-29-20-19-25(21-24(29)2)23-35(31,26-13-7-4-8-14-26,27-15-9-5-10-16-27)28-17-11-6-12-18-28/h4-21H,3,22-23H2,1-2H3. The number of aryl methyl sites for hydroxylation is 1. The molecule has 180 valence electrons. The maximum absolute atomic E-state index is 11.7. The van der Waals surface area contributed by atoms with E-state index in [4.69, 9.17) is 20.7 Å². The zero-order chi connectivity index (χ0) is 24.8. The van der Waals surface area contributed by atoms with Gasteiger partial charge in [0.25, 0.3) is 0 Å². The Labute approximate surface area is 212 Å². The van der Waals surface area contributed by atoms with E-state index in [2.05, 4.69) is 78.9 Å². The summed E-state index contributed by atoms with van der Waals surface area (Å²) in [5, 5.41) is 3.37. The Morgan fingerprint density at radius 1 is 0.771 bits per heavy atom. The summed E-state index contributed by atoms with van der Waals surface area (Å²) in [5.41, 5.74) is 2.05. The van der Waals surface area contributed by atoms with Crippen LogP contribution in [0.2, 0.25) is 0 Å². The van der Waals surface area contributed by atoms with Crippen molar-refractivity contribution in [3.05, 3.63) is 120 Å². The van der Waals surface area contributed by atoms with E-state index in [1.54, 1.807) is 6.92 Å². The van der Waals surface area contributed by atoms with Crippen molar-refractivity contribution in [1.82, 2.24) is 0 Å². The molecule has 0 amide bonds. The molecule has 0 unspecified atom stereocenters. The number of hydrogen-bond donors (Lipinski definition) is 0. The van der Waals surface area contributed by atoms with Gasteiger partial charge < -0.3 is 0 Å². The Morgan fingerprint density at radius 3 is 1.69 bits per heavy atom. The van der Waals surface area contributed by atoms with E-state index in [1.807, 2.05) is 37.3 Å². The molecule has 0 spiro atoms. The monoisotopic (exact) mass is 504 g/mol. The Kier molecular flexibility index (Phi) is 7.60. The van der Waals surface area contributed by atoms with Gasteiger partial charge in [-0.25, -0.2) is 0 Å². The zero-order valence-corrected chi connectivity index (χ0v) is 21.7. The molecule has 4 aromatic rings. The van der Waals surface area contributed by atoms with Crippen LogP contribution in [0.4, 0.5) is 0 Å². The van der Waals surface area contributed by atoms with E-state index in [0.717, 1.165) is 27.0 Å². The molecule has 0 fully saturated rings. The van der Waals surface area contributed by atoms with Gasteiger partial charge in [-0.05, 0) is 0 Å². The van der Waals surface area contributed by atoms with Crippen molar-refractivity contribution in [2.24, 2.45) is 0 Å². The fraction of sp³-hybridized carbons (Fsp3) is 0.167. The molecule has 0 saturated heterocycles. The van der Waals surface area contributed by atoms with Crippen LogP contribution < -0.4 is 20.7 Å². The molecular formula is C30H30ClO3P.